The molecule has 0 aromatic heterocycles. The minimum absolute atomic E-state index is 0.681. The monoisotopic (exact) mass is 334 g/mol. The third kappa shape index (κ3) is 10.1. The first kappa shape index (κ1) is 18.1. The van der Waals surface area contributed by atoms with Gasteiger partial charge in [0.15, 0.2) is 0 Å². The van der Waals surface area contributed by atoms with Crippen LogP contribution in [0.3, 0.4) is 0 Å². The Morgan fingerprint density at radius 2 is 0.875 bits per heavy atom. The normalized spacial score (nSPS) is 19.1. The van der Waals surface area contributed by atoms with Gasteiger partial charge in [-0.3, -0.25) is 0 Å². The third-order valence-electron chi connectivity index (χ3n) is 1.76. The van der Waals surface area contributed by atoms with Gasteiger partial charge in [0.25, 0.3) is 0 Å². The molecule has 4 atom stereocenters. The topological polar surface area (TPSA) is 0 Å². The van der Waals surface area contributed by atoms with E-state index in [1.165, 1.54) is 0 Å². The predicted molar refractivity (Wildman–Crippen MR) is 95.2 cm³/mol. The standard InChI is InChI=1S/C10H22S6/c1-7(11-5)13-9(3)15-16-10(4)14-8(2)12-6/h7-10H,1-6H3. The molecule has 0 N–H and O–H groups in total. The predicted octanol–water partition coefficient (Wildman–Crippen LogP) is 5.94. The van der Waals surface area contributed by atoms with Crippen molar-refractivity contribution in [3.63, 3.8) is 0 Å². The van der Waals surface area contributed by atoms with E-state index in [0.29, 0.717) is 18.3 Å². The van der Waals surface area contributed by atoms with Gasteiger partial charge in [-0.1, -0.05) is 21.6 Å². The number of thioether (sulfide) groups is 4. The van der Waals surface area contributed by atoms with Gasteiger partial charge in [0.05, 0.1) is 9.16 Å². The fraction of sp³-hybridized carbons (Fsp3) is 1.00. The fourth-order valence-electron chi connectivity index (χ4n) is 0.853. The summed E-state index contributed by atoms with van der Waals surface area (Å²) in [4.78, 5) is 0. The highest BCUT2D eigenvalue weighted by Crippen LogP contribution is 2.44. The molecule has 0 aliphatic heterocycles. The maximum Gasteiger partial charge on any atom is 0.0589 e. The maximum absolute atomic E-state index is 2.31. The van der Waals surface area contributed by atoms with Crippen molar-refractivity contribution in [1.82, 2.24) is 0 Å². The lowest BCUT2D eigenvalue weighted by Gasteiger charge is -2.18. The maximum atomic E-state index is 2.31. The van der Waals surface area contributed by atoms with Crippen LogP contribution in [0.4, 0.5) is 0 Å². The quantitative estimate of drug-likeness (QED) is 0.375. The zero-order chi connectivity index (χ0) is 12.6. The van der Waals surface area contributed by atoms with E-state index in [2.05, 4.69) is 63.7 Å². The second-order valence-electron chi connectivity index (χ2n) is 3.21. The highest BCUT2D eigenvalue weighted by molar-refractivity contribution is 8.80. The summed E-state index contributed by atoms with van der Waals surface area (Å²) in [5.74, 6) is 0. The summed E-state index contributed by atoms with van der Waals surface area (Å²) in [6.07, 6.45) is 4.36. The summed E-state index contributed by atoms with van der Waals surface area (Å²) in [6.45, 7) is 9.19. The van der Waals surface area contributed by atoms with Gasteiger partial charge in [-0.15, -0.1) is 23.5 Å². The van der Waals surface area contributed by atoms with Crippen LogP contribution in [0.2, 0.25) is 0 Å². The molecule has 98 valence electrons. The molecule has 0 heterocycles. The molecular weight excluding hydrogens is 313 g/mol. The van der Waals surface area contributed by atoms with Gasteiger partial charge in [-0.05, 0) is 40.2 Å². The average molecular weight is 335 g/mol. The molecule has 0 rings (SSSR count). The van der Waals surface area contributed by atoms with Crippen molar-refractivity contribution in [2.45, 2.75) is 46.0 Å². The summed E-state index contributed by atoms with van der Waals surface area (Å²) >= 11 is 7.98. The second-order valence-corrected chi connectivity index (χ2v) is 13.1. The molecule has 6 heteroatoms. The van der Waals surface area contributed by atoms with E-state index in [9.17, 15) is 0 Å². The van der Waals surface area contributed by atoms with Crippen LogP contribution in [-0.4, -0.2) is 30.8 Å². The molecule has 0 spiro atoms. The average Bonchev–Trinajstić information content (AvgIpc) is 2.26. The minimum atomic E-state index is 0.681. The lowest BCUT2D eigenvalue weighted by atomic mass is 10.9. The summed E-state index contributed by atoms with van der Waals surface area (Å²) in [7, 11) is 4.03. The van der Waals surface area contributed by atoms with Crippen LogP contribution in [-0.2, 0) is 0 Å². The van der Waals surface area contributed by atoms with Crippen molar-refractivity contribution >= 4 is 68.6 Å². The van der Waals surface area contributed by atoms with Crippen LogP contribution in [0.1, 0.15) is 27.7 Å². The van der Waals surface area contributed by atoms with Crippen LogP contribution < -0.4 is 0 Å². The van der Waals surface area contributed by atoms with Crippen molar-refractivity contribution in [2.75, 3.05) is 12.5 Å². The van der Waals surface area contributed by atoms with Gasteiger partial charge in [0.1, 0.15) is 0 Å². The molecule has 0 saturated heterocycles. The molecular formula is C10H22S6. The molecule has 0 aromatic carbocycles. The molecule has 0 aromatic rings. The molecule has 0 fully saturated rings. The minimum Gasteiger partial charge on any atom is -0.151 e. The smallest absolute Gasteiger partial charge is 0.0589 e. The van der Waals surface area contributed by atoms with Gasteiger partial charge >= 0.3 is 0 Å². The Bertz CT molecular complexity index is 147. The SMILES string of the molecule is CSC(C)SC(C)SSC(C)SC(C)SC. The van der Waals surface area contributed by atoms with Crippen LogP contribution in [0.5, 0.6) is 0 Å². The molecule has 0 amide bonds. The van der Waals surface area contributed by atoms with Gasteiger partial charge in [0.2, 0.25) is 0 Å². The zero-order valence-electron chi connectivity index (χ0n) is 10.8. The molecule has 0 bridgehead atoms. The van der Waals surface area contributed by atoms with Crippen LogP contribution in [0.15, 0.2) is 0 Å². The summed E-state index contributed by atoms with van der Waals surface area (Å²) in [6, 6.07) is 0. The van der Waals surface area contributed by atoms with E-state index < -0.39 is 0 Å². The highest BCUT2D eigenvalue weighted by atomic mass is 33.1. The fourth-order valence-corrected chi connectivity index (χ4v) is 8.49. The lowest BCUT2D eigenvalue weighted by Crippen LogP contribution is -1.99. The highest BCUT2D eigenvalue weighted by Gasteiger charge is 2.13. The molecule has 0 nitrogen and oxygen atoms in total. The zero-order valence-corrected chi connectivity index (χ0v) is 15.7. The van der Waals surface area contributed by atoms with Crippen molar-refractivity contribution in [3.8, 4) is 0 Å². The lowest BCUT2D eigenvalue weighted by molar-refractivity contribution is 1.35. The Labute approximate surface area is 126 Å². The van der Waals surface area contributed by atoms with Crippen molar-refractivity contribution in [3.05, 3.63) is 0 Å². The van der Waals surface area contributed by atoms with Crippen molar-refractivity contribution < 1.29 is 0 Å². The van der Waals surface area contributed by atoms with Gasteiger partial charge < -0.3 is 0 Å². The summed E-state index contributed by atoms with van der Waals surface area (Å²) in [5.41, 5.74) is 0. The second kappa shape index (κ2) is 11.0. The first-order chi connectivity index (χ1) is 7.49. The van der Waals surface area contributed by atoms with E-state index in [-0.39, 0.29) is 0 Å². The molecule has 0 saturated carbocycles. The van der Waals surface area contributed by atoms with Gasteiger partial charge in [-0.2, -0.15) is 23.5 Å². The van der Waals surface area contributed by atoms with Crippen LogP contribution >= 0.6 is 68.6 Å². The molecule has 16 heavy (non-hydrogen) atoms. The Hall–Kier alpha value is 2.10. The number of rotatable bonds is 9. The Balaban J connectivity index is 3.62. The largest absolute Gasteiger partial charge is 0.151 e. The first-order valence-electron chi connectivity index (χ1n) is 5.18. The van der Waals surface area contributed by atoms with Crippen LogP contribution in [0.25, 0.3) is 0 Å². The van der Waals surface area contributed by atoms with E-state index >= 15 is 0 Å². The van der Waals surface area contributed by atoms with Gasteiger partial charge in [0, 0.05) is 9.16 Å². The first-order valence-corrected chi connectivity index (χ1v) is 11.9. The van der Waals surface area contributed by atoms with Gasteiger partial charge in [-0.25, -0.2) is 0 Å². The Morgan fingerprint density at radius 1 is 0.562 bits per heavy atom. The van der Waals surface area contributed by atoms with Crippen molar-refractivity contribution in [1.29, 1.82) is 0 Å². The van der Waals surface area contributed by atoms with E-state index in [1.54, 1.807) is 0 Å². The number of hydrogen-bond acceptors (Lipinski definition) is 6. The molecule has 4 unspecified atom stereocenters. The van der Waals surface area contributed by atoms with Crippen LogP contribution in [0, 0.1) is 0 Å². The Kier molecular flexibility index (Phi) is 12.4. The van der Waals surface area contributed by atoms with Crippen molar-refractivity contribution in [2.24, 2.45) is 0 Å². The Morgan fingerprint density at radius 3 is 1.12 bits per heavy atom. The third-order valence-corrected chi connectivity index (χ3v) is 11.1. The molecule has 0 aliphatic carbocycles. The summed E-state index contributed by atoms with van der Waals surface area (Å²) in [5, 5.41) is 0. The molecule has 0 radical (unpaired) electrons. The number of hydrogen-bond donors (Lipinski definition) is 0. The summed E-state index contributed by atoms with van der Waals surface area (Å²) < 4.78 is 2.77. The van der Waals surface area contributed by atoms with E-state index in [0.717, 1.165) is 0 Å². The van der Waals surface area contributed by atoms with E-state index in [4.69, 9.17) is 0 Å². The molecule has 0 aliphatic rings. The van der Waals surface area contributed by atoms with E-state index in [1.807, 2.05) is 45.1 Å².